The van der Waals surface area contributed by atoms with Crippen molar-refractivity contribution < 1.29 is 9.53 Å². The molecule has 1 unspecified atom stereocenters. The SMILES string of the molecule is Cc1cc(Cl)ccc1OCC(=O)NCC(c1cccs1)N(C)C. The number of halogens is 1. The molecule has 6 heteroatoms. The minimum Gasteiger partial charge on any atom is -0.484 e. The lowest BCUT2D eigenvalue weighted by Gasteiger charge is -2.23. The summed E-state index contributed by atoms with van der Waals surface area (Å²) < 4.78 is 5.56. The van der Waals surface area contributed by atoms with Crippen molar-refractivity contribution in [3.05, 3.63) is 51.2 Å². The minimum atomic E-state index is -0.136. The van der Waals surface area contributed by atoms with Crippen LogP contribution in [-0.4, -0.2) is 38.1 Å². The Balaban J connectivity index is 1.84. The van der Waals surface area contributed by atoms with E-state index in [2.05, 4.69) is 16.3 Å². The first-order valence-corrected chi connectivity index (χ1v) is 8.58. The van der Waals surface area contributed by atoms with Crippen molar-refractivity contribution >= 4 is 28.8 Å². The summed E-state index contributed by atoms with van der Waals surface area (Å²) in [6.45, 7) is 2.44. The van der Waals surface area contributed by atoms with Crippen LogP contribution in [0.1, 0.15) is 16.5 Å². The highest BCUT2D eigenvalue weighted by Gasteiger charge is 2.16. The van der Waals surface area contributed by atoms with E-state index in [0.29, 0.717) is 17.3 Å². The zero-order valence-electron chi connectivity index (χ0n) is 13.5. The molecule has 1 aromatic carbocycles. The number of thiophene rings is 1. The van der Waals surface area contributed by atoms with Crippen molar-refractivity contribution in [2.24, 2.45) is 0 Å². The molecule has 2 rings (SSSR count). The average Bonchev–Trinajstić information content (AvgIpc) is 3.00. The highest BCUT2D eigenvalue weighted by molar-refractivity contribution is 7.10. The Morgan fingerprint density at radius 1 is 1.39 bits per heavy atom. The number of aryl methyl sites for hydroxylation is 1. The largest absolute Gasteiger partial charge is 0.484 e. The summed E-state index contributed by atoms with van der Waals surface area (Å²) in [5.41, 5.74) is 0.912. The van der Waals surface area contributed by atoms with Gasteiger partial charge in [-0.1, -0.05) is 17.7 Å². The third-order valence-corrected chi connectivity index (χ3v) is 4.69. The fourth-order valence-corrected chi connectivity index (χ4v) is 3.35. The van der Waals surface area contributed by atoms with E-state index in [4.69, 9.17) is 16.3 Å². The van der Waals surface area contributed by atoms with Crippen LogP contribution in [0.3, 0.4) is 0 Å². The van der Waals surface area contributed by atoms with Crippen LogP contribution < -0.4 is 10.1 Å². The Hall–Kier alpha value is -1.56. The maximum atomic E-state index is 12.0. The van der Waals surface area contributed by atoms with Crippen LogP contribution in [0.2, 0.25) is 5.02 Å². The Morgan fingerprint density at radius 3 is 2.78 bits per heavy atom. The summed E-state index contributed by atoms with van der Waals surface area (Å²) in [7, 11) is 4.01. The molecule has 0 aliphatic carbocycles. The van der Waals surface area contributed by atoms with Gasteiger partial charge in [0.15, 0.2) is 6.61 Å². The van der Waals surface area contributed by atoms with Gasteiger partial charge in [-0.3, -0.25) is 4.79 Å². The van der Waals surface area contributed by atoms with Gasteiger partial charge in [-0.05, 0) is 56.2 Å². The van der Waals surface area contributed by atoms with Crippen molar-refractivity contribution in [1.82, 2.24) is 10.2 Å². The first kappa shape index (κ1) is 17.8. The highest BCUT2D eigenvalue weighted by atomic mass is 35.5. The van der Waals surface area contributed by atoms with E-state index in [1.54, 1.807) is 23.5 Å². The molecule has 0 fully saturated rings. The number of nitrogens with one attached hydrogen (secondary N) is 1. The van der Waals surface area contributed by atoms with Gasteiger partial charge < -0.3 is 15.0 Å². The Kier molecular flexibility index (Phi) is 6.45. The maximum Gasteiger partial charge on any atom is 0.258 e. The highest BCUT2D eigenvalue weighted by Crippen LogP contribution is 2.23. The molecule has 0 saturated carbocycles. The van der Waals surface area contributed by atoms with E-state index < -0.39 is 0 Å². The van der Waals surface area contributed by atoms with E-state index >= 15 is 0 Å². The first-order chi connectivity index (χ1) is 11.0. The molecule has 1 heterocycles. The number of likely N-dealkylation sites (N-methyl/N-ethyl adjacent to an activating group) is 1. The van der Waals surface area contributed by atoms with E-state index in [-0.39, 0.29) is 18.6 Å². The van der Waals surface area contributed by atoms with Gasteiger partial charge in [-0.2, -0.15) is 0 Å². The number of carbonyl (C=O) groups is 1. The average molecular weight is 353 g/mol. The topological polar surface area (TPSA) is 41.6 Å². The third kappa shape index (κ3) is 5.23. The second-order valence-corrected chi connectivity index (χ2v) is 6.91. The van der Waals surface area contributed by atoms with Gasteiger partial charge in [-0.25, -0.2) is 0 Å². The number of hydrogen-bond donors (Lipinski definition) is 1. The summed E-state index contributed by atoms with van der Waals surface area (Å²) in [5, 5.41) is 5.63. The standard InChI is InChI=1S/C17H21ClN2O2S/c1-12-9-13(18)6-7-15(12)22-11-17(21)19-10-14(20(2)3)16-5-4-8-23-16/h4-9,14H,10-11H2,1-3H3,(H,19,21). The summed E-state index contributed by atoms with van der Waals surface area (Å²) >= 11 is 7.59. The predicted molar refractivity (Wildman–Crippen MR) is 95.4 cm³/mol. The van der Waals surface area contributed by atoms with Gasteiger partial charge in [-0.15, -0.1) is 11.3 Å². The molecule has 4 nitrogen and oxygen atoms in total. The molecule has 23 heavy (non-hydrogen) atoms. The molecular formula is C17H21ClN2O2S. The summed E-state index contributed by atoms with van der Waals surface area (Å²) in [5.74, 6) is 0.537. The zero-order chi connectivity index (χ0) is 16.8. The lowest BCUT2D eigenvalue weighted by molar-refractivity contribution is -0.123. The Bertz CT molecular complexity index is 644. The quantitative estimate of drug-likeness (QED) is 0.829. The molecule has 1 aromatic heterocycles. The molecule has 0 spiro atoms. The Morgan fingerprint density at radius 2 is 2.17 bits per heavy atom. The van der Waals surface area contributed by atoms with Crippen LogP contribution in [0.25, 0.3) is 0 Å². The van der Waals surface area contributed by atoms with Crippen molar-refractivity contribution in [3.8, 4) is 5.75 Å². The molecular weight excluding hydrogens is 332 g/mol. The lowest BCUT2D eigenvalue weighted by Crippen LogP contribution is -2.36. The van der Waals surface area contributed by atoms with Gasteiger partial charge >= 0.3 is 0 Å². The number of hydrogen-bond acceptors (Lipinski definition) is 4. The normalized spacial score (nSPS) is 12.2. The van der Waals surface area contributed by atoms with Gasteiger partial charge in [0.05, 0.1) is 6.04 Å². The van der Waals surface area contributed by atoms with E-state index in [9.17, 15) is 4.79 Å². The second-order valence-electron chi connectivity index (χ2n) is 5.50. The fraction of sp³-hybridized carbons (Fsp3) is 0.353. The van der Waals surface area contributed by atoms with Gasteiger partial charge in [0.1, 0.15) is 5.75 Å². The van der Waals surface area contributed by atoms with E-state index in [1.165, 1.54) is 4.88 Å². The molecule has 2 aromatic rings. The van der Waals surface area contributed by atoms with Crippen molar-refractivity contribution in [2.75, 3.05) is 27.2 Å². The van der Waals surface area contributed by atoms with E-state index in [0.717, 1.165) is 5.56 Å². The van der Waals surface area contributed by atoms with Gasteiger partial charge in [0.2, 0.25) is 0 Å². The molecule has 0 aliphatic rings. The van der Waals surface area contributed by atoms with Crippen LogP contribution in [0, 0.1) is 6.92 Å². The number of carbonyl (C=O) groups excluding carboxylic acids is 1. The summed E-state index contributed by atoms with van der Waals surface area (Å²) in [4.78, 5) is 15.3. The van der Waals surface area contributed by atoms with Crippen LogP contribution in [0.15, 0.2) is 35.7 Å². The van der Waals surface area contributed by atoms with Crippen LogP contribution in [0.4, 0.5) is 0 Å². The summed E-state index contributed by atoms with van der Waals surface area (Å²) in [6.07, 6.45) is 0. The van der Waals surface area contributed by atoms with Crippen LogP contribution >= 0.6 is 22.9 Å². The number of benzene rings is 1. The molecule has 1 N–H and O–H groups in total. The lowest BCUT2D eigenvalue weighted by atomic mass is 10.2. The maximum absolute atomic E-state index is 12.0. The molecule has 1 amide bonds. The van der Waals surface area contributed by atoms with Crippen molar-refractivity contribution in [1.29, 1.82) is 0 Å². The third-order valence-electron chi connectivity index (χ3n) is 3.48. The smallest absolute Gasteiger partial charge is 0.258 e. The molecule has 0 saturated heterocycles. The Labute approximate surface area is 146 Å². The van der Waals surface area contributed by atoms with Crippen LogP contribution in [0.5, 0.6) is 5.75 Å². The predicted octanol–water partition coefficient (Wildman–Crippen LogP) is 3.51. The first-order valence-electron chi connectivity index (χ1n) is 7.33. The van der Waals surface area contributed by atoms with Crippen molar-refractivity contribution in [3.63, 3.8) is 0 Å². The monoisotopic (exact) mass is 352 g/mol. The van der Waals surface area contributed by atoms with Crippen LogP contribution in [-0.2, 0) is 4.79 Å². The van der Waals surface area contributed by atoms with Gasteiger partial charge in [0, 0.05) is 16.4 Å². The molecule has 1 atom stereocenters. The fourth-order valence-electron chi connectivity index (χ4n) is 2.20. The molecule has 0 radical (unpaired) electrons. The summed E-state index contributed by atoms with van der Waals surface area (Å²) in [6, 6.07) is 9.60. The molecule has 0 bridgehead atoms. The minimum absolute atomic E-state index is 0.00688. The molecule has 0 aliphatic heterocycles. The number of amides is 1. The van der Waals surface area contributed by atoms with Crippen molar-refractivity contribution in [2.45, 2.75) is 13.0 Å². The molecule has 124 valence electrons. The number of ether oxygens (including phenoxy) is 1. The van der Waals surface area contributed by atoms with E-state index in [1.807, 2.05) is 38.5 Å². The zero-order valence-corrected chi connectivity index (χ0v) is 15.1. The number of nitrogens with zero attached hydrogens (tertiary/aromatic N) is 1. The second kappa shape index (κ2) is 8.34. The van der Waals surface area contributed by atoms with Gasteiger partial charge in [0.25, 0.3) is 5.91 Å². The number of rotatable bonds is 7.